The van der Waals surface area contributed by atoms with E-state index in [1.165, 1.54) is 0 Å². The molecule has 1 saturated heterocycles. The normalized spacial score (nSPS) is 25.2. The van der Waals surface area contributed by atoms with Crippen LogP contribution >= 0.6 is 0 Å². The van der Waals surface area contributed by atoms with E-state index in [-0.39, 0.29) is 6.61 Å². The molecular formula is C35H52O8. The monoisotopic (exact) mass is 600 g/mol. The fraction of sp³-hybridized carbons (Fsp3) is 0.657. The molecule has 1 N–H and O–H groups in total. The van der Waals surface area contributed by atoms with Gasteiger partial charge in [-0.2, -0.15) is 0 Å². The fourth-order valence-corrected chi connectivity index (χ4v) is 5.78. The summed E-state index contributed by atoms with van der Waals surface area (Å²) < 4.78 is 44.3. The van der Waals surface area contributed by atoms with Crippen molar-refractivity contribution in [2.45, 2.75) is 103 Å². The van der Waals surface area contributed by atoms with Crippen molar-refractivity contribution in [2.24, 2.45) is 0 Å². The molecule has 2 aliphatic heterocycles. The van der Waals surface area contributed by atoms with Crippen molar-refractivity contribution in [3.05, 3.63) is 58.7 Å². The first-order chi connectivity index (χ1) is 21.0. The van der Waals surface area contributed by atoms with E-state index in [1.54, 1.807) is 7.11 Å². The van der Waals surface area contributed by atoms with Crippen LogP contribution in [0.15, 0.2) is 36.4 Å². The number of rotatable bonds is 17. The highest BCUT2D eigenvalue weighted by molar-refractivity contribution is 5.46. The van der Waals surface area contributed by atoms with Gasteiger partial charge in [0.15, 0.2) is 11.5 Å². The first kappa shape index (κ1) is 33.7. The summed E-state index contributed by atoms with van der Waals surface area (Å²) in [7, 11) is 1.65. The number of hydrogen-bond donors (Lipinski definition) is 1. The molecule has 0 aromatic heterocycles. The van der Waals surface area contributed by atoms with Gasteiger partial charge in [0, 0.05) is 32.5 Å². The second-order valence-corrected chi connectivity index (χ2v) is 11.5. The Morgan fingerprint density at radius 2 is 1.47 bits per heavy atom. The van der Waals surface area contributed by atoms with E-state index in [9.17, 15) is 5.11 Å². The molecule has 8 nitrogen and oxygen atoms in total. The maximum Gasteiger partial charge on any atom is 0.225 e. The van der Waals surface area contributed by atoms with Crippen molar-refractivity contribution >= 4 is 0 Å². The van der Waals surface area contributed by atoms with Gasteiger partial charge < -0.3 is 38.3 Å². The highest BCUT2D eigenvalue weighted by Crippen LogP contribution is 2.44. The number of unbranched alkanes of at least 4 members (excludes halogenated alkanes) is 3. The van der Waals surface area contributed by atoms with E-state index in [0.29, 0.717) is 39.5 Å². The zero-order chi connectivity index (χ0) is 30.7. The Labute approximate surface area is 257 Å². The van der Waals surface area contributed by atoms with Gasteiger partial charge in [0.05, 0.1) is 6.61 Å². The summed E-state index contributed by atoms with van der Waals surface area (Å²) in [5.41, 5.74) is 4.23. The Bertz CT molecular complexity index is 1120. The largest absolute Gasteiger partial charge is 0.486 e. The summed E-state index contributed by atoms with van der Waals surface area (Å²) in [5.74, 6) is 0.247. The molecule has 2 aromatic carbocycles. The van der Waals surface area contributed by atoms with Crippen LogP contribution in [0.5, 0.6) is 11.5 Å². The van der Waals surface area contributed by atoms with Crippen molar-refractivity contribution in [3.8, 4) is 11.5 Å². The van der Waals surface area contributed by atoms with E-state index in [0.717, 1.165) is 72.3 Å². The number of ether oxygens (including phenoxy) is 7. The lowest BCUT2D eigenvalue weighted by Crippen LogP contribution is -2.66. The molecule has 0 saturated carbocycles. The number of benzene rings is 2. The average molecular weight is 601 g/mol. The minimum absolute atomic E-state index is 0.229. The molecule has 0 amide bonds. The van der Waals surface area contributed by atoms with Crippen LogP contribution in [-0.2, 0) is 35.9 Å². The Kier molecular flexibility index (Phi) is 13.1. The lowest BCUT2D eigenvalue weighted by atomic mass is 9.85. The predicted octanol–water partition coefficient (Wildman–Crippen LogP) is 6.10. The number of aliphatic hydroxyl groups excluding tert-OH is 1. The molecule has 2 aromatic rings. The van der Waals surface area contributed by atoms with Crippen LogP contribution in [0.1, 0.15) is 81.5 Å². The van der Waals surface area contributed by atoms with Gasteiger partial charge in [-0.25, -0.2) is 0 Å². The predicted molar refractivity (Wildman–Crippen MR) is 166 cm³/mol. The van der Waals surface area contributed by atoms with Gasteiger partial charge in [0.25, 0.3) is 0 Å². The molecule has 5 atom stereocenters. The Morgan fingerprint density at radius 1 is 0.814 bits per heavy atom. The minimum Gasteiger partial charge on any atom is -0.486 e. The van der Waals surface area contributed by atoms with Crippen LogP contribution < -0.4 is 9.47 Å². The van der Waals surface area contributed by atoms with Crippen LogP contribution in [0.3, 0.4) is 0 Å². The van der Waals surface area contributed by atoms with Crippen LogP contribution in [0.25, 0.3) is 0 Å². The van der Waals surface area contributed by atoms with Crippen LogP contribution in [0.4, 0.5) is 0 Å². The average Bonchev–Trinajstić information content (AvgIpc) is 3.03. The van der Waals surface area contributed by atoms with Gasteiger partial charge in [0.1, 0.15) is 37.6 Å². The van der Waals surface area contributed by atoms with Gasteiger partial charge in [-0.3, -0.25) is 0 Å². The quantitative estimate of drug-likeness (QED) is 0.218. The first-order valence-electron chi connectivity index (χ1n) is 16.2. The summed E-state index contributed by atoms with van der Waals surface area (Å²) >= 11 is 0. The number of methoxy groups -OCH3 is 1. The van der Waals surface area contributed by atoms with E-state index >= 15 is 0 Å². The van der Waals surface area contributed by atoms with Gasteiger partial charge in [-0.05, 0) is 67.5 Å². The van der Waals surface area contributed by atoms with Crippen molar-refractivity contribution in [2.75, 3.05) is 46.8 Å². The van der Waals surface area contributed by atoms with Crippen molar-refractivity contribution in [1.82, 2.24) is 0 Å². The Hall–Kier alpha value is -2.20. The summed E-state index contributed by atoms with van der Waals surface area (Å²) in [6.07, 6.45) is 4.17. The summed E-state index contributed by atoms with van der Waals surface area (Å²) in [5, 5.41) is 10.6. The number of hydrogen-bond acceptors (Lipinski definition) is 8. The molecule has 240 valence electrons. The molecule has 4 rings (SSSR count). The van der Waals surface area contributed by atoms with Crippen molar-refractivity contribution in [3.63, 3.8) is 0 Å². The third-order valence-electron chi connectivity index (χ3n) is 8.34. The van der Waals surface area contributed by atoms with E-state index in [2.05, 4.69) is 52.0 Å². The zero-order valence-corrected chi connectivity index (χ0v) is 26.8. The standard InChI is InChI=1S/C35H52O8/c1-6-9-16-40-32-31(24-36)43-35(37-5,34(42-18-11-8-3)33(32)41-17-10-7-2)28-14-12-25(4)27(23-28)21-26-13-15-29-30(22-26)39-20-19-38-29/h12-15,22-23,31-34,36H,6-11,16-21,24H2,1-5H3/t31-,32-,33+,34-,35?/m1/s1. The lowest BCUT2D eigenvalue weighted by molar-refractivity contribution is -0.381. The fourth-order valence-electron chi connectivity index (χ4n) is 5.78. The maximum atomic E-state index is 10.6. The lowest BCUT2D eigenvalue weighted by Gasteiger charge is -2.52. The molecule has 1 unspecified atom stereocenters. The van der Waals surface area contributed by atoms with Crippen LogP contribution in [-0.4, -0.2) is 76.3 Å². The molecule has 2 heterocycles. The molecule has 1 fully saturated rings. The van der Waals surface area contributed by atoms with Gasteiger partial charge in [-0.15, -0.1) is 0 Å². The van der Waals surface area contributed by atoms with E-state index < -0.39 is 30.2 Å². The third kappa shape index (κ3) is 8.10. The van der Waals surface area contributed by atoms with Gasteiger partial charge in [-0.1, -0.05) is 58.2 Å². The molecule has 0 bridgehead atoms. The molecule has 8 heteroatoms. The smallest absolute Gasteiger partial charge is 0.225 e. The topological polar surface area (TPSA) is 84.8 Å². The minimum atomic E-state index is -1.31. The summed E-state index contributed by atoms with van der Waals surface area (Å²) in [6.45, 7) is 11.1. The molecular weight excluding hydrogens is 548 g/mol. The Balaban J connectivity index is 1.73. The van der Waals surface area contributed by atoms with Crippen molar-refractivity contribution in [1.29, 1.82) is 0 Å². The summed E-state index contributed by atoms with van der Waals surface area (Å²) in [4.78, 5) is 0. The maximum absolute atomic E-state index is 10.6. The molecule has 43 heavy (non-hydrogen) atoms. The molecule has 0 radical (unpaired) electrons. The van der Waals surface area contributed by atoms with Crippen molar-refractivity contribution < 1.29 is 38.3 Å². The molecule has 0 spiro atoms. The highest BCUT2D eigenvalue weighted by atomic mass is 16.7. The number of fused-ring (bicyclic) bond motifs is 1. The molecule has 2 aliphatic rings. The first-order valence-corrected chi connectivity index (χ1v) is 16.2. The van der Waals surface area contributed by atoms with Gasteiger partial charge >= 0.3 is 0 Å². The second-order valence-electron chi connectivity index (χ2n) is 11.5. The zero-order valence-electron chi connectivity index (χ0n) is 26.8. The third-order valence-corrected chi connectivity index (χ3v) is 8.34. The summed E-state index contributed by atoms with van der Waals surface area (Å²) in [6, 6.07) is 12.4. The Morgan fingerprint density at radius 3 is 2.12 bits per heavy atom. The SMILES string of the molecule is CCCCO[C@H]1[C@H](OCCCC)[C@@H](CO)OC(OC)(c2ccc(C)c(Cc3ccc4c(c3)OCCO4)c2)[C@@H]1OCCCC. The number of aryl methyl sites for hydroxylation is 1. The molecule has 0 aliphatic carbocycles. The van der Waals surface area contributed by atoms with E-state index in [4.69, 9.17) is 33.2 Å². The second kappa shape index (κ2) is 16.8. The number of aliphatic hydroxyl groups is 1. The van der Waals surface area contributed by atoms with Crippen LogP contribution in [0, 0.1) is 6.92 Å². The van der Waals surface area contributed by atoms with E-state index in [1.807, 2.05) is 12.1 Å². The van der Waals surface area contributed by atoms with Crippen LogP contribution in [0.2, 0.25) is 0 Å². The highest BCUT2D eigenvalue weighted by Gasteiger charge is 2.58. The van der Waals surface area contributed by atoms with Gasteiger partial charge in [0.2, 0.25) is 5.79 Å².